The maximum Gasteiger partial charge on any atom is 0.238 e. The Balaban J connectivity index is 2.46. The fourth-order valence-electron chi connectivity index (χ4n) is 2.18. The van der Waals surface area contributed by atoms with Crippen LogP contribution in [0.5, 0.6) is 0 Å². The molecule has 94 valence electrons. The first-order valence-electron chi connectivity index (χ1n) is 6.43. The predicted octanol–water partition coefficient (Wildman–Crippen LogP) is 1.41. The highest BCUT2D eigenvalue weighted by Crippen LogP contribution is 2.18. The molecule has 1 aliphatic rings. The third-order valence-corrected chi connectivity index (χ3v) is 3.07. The average Bonchev–Trinajstić information content (AvgIpc) is 2.27. The number of rotatable bonds is 5. The first-order valence-corrected chi connectivity index (χ1v) is 6.43. The van der Waals surface area contributed by atoms with Gasteiger partial charge in [-0.25, -0.2) is 5.43 Å². The molecule has 4 heteroatoms. The maximum atomic E-state index is 11.8. The molecule has 0 spiro atoms. The topological polar surface area (TPSA) is 58.4 Å². The summed E-state index contributed by atoms with van der Waals surface area (Å²) >= 11 is 0. The van der Waals surface area contributed by atoms with Gasteiger partial charge in [0.15, 0.2) is 0 Å². The van der Waals surface area contributed by atoms with E-state index in [9.17, 15) is 4.79 Å². The molecule has 1 fully saturated rings. The number of nitrogens with one attached hydrogen (secondary N) is 1. The SMILES string of the molecule is CC(C)N(NC1CCCCC1)C(=O)CCN. The van der Waals surface area contributed by atoms with E-state index in [0.29, 0.717) is 19.0 Å². The van der Waals surface area contributed by atoms with Crippen molar-refractivity contribution in [1.29, 1.82) is 0 Å². The summed E-state index contributed by atoms with van der Waals surface area (Å²) in [5.41, 5.74) is 8.79. The molecule has 0 radical (unpaired) electrons. The van der Waals surface area contributed by atoms with E-state index in [4.69, 9.17) is 5.73 Å². The van der Waals surface area contributed by atoms with Crippen molar-refractivity contribution in [3.8, 4) is 0 Å². The Morgan fingerprint density at radius 3 is 2.50 bits per heavy atom. The molecular weight excluding hydrogens is 202 g/mol. The smallest absolute Gasteiger partial charge is 0.238 e. The lowest BCUT2D eigenvalue weighted by Gasteiger charge is -2.33. The van der Waals surface area contributed by atoms with Crippen LogP contribution in [-0.2, 0) is 4.79 Å². The molecule has 0 heterocycles. The average molecular weight is 227 g/mol. The van der Waals surface area contributed by atoms with E-state index in [2.05, 4.69) is 5.43 Å². The van der Waals surface area contributed by atoms with Crippen molar-refractivity contribution in [3.63, 3.8) is 0 Å². The minimum Gasteiger partial charge on any atom is -0.330 e. The van der Waals surface area contributed by atoms with Crippen LogP contribution in [0.25, 0.3) is 0 Å². The van der Waals surface area contributed by atoms with Gasteiger partial charge < -0.3 is 5.73 Å². The highest BCUT2D eigenvalue weighted by atomic mass is 16.2. The van der Waals surface area contributed by atoms with Gasteiger partial charge in [-0.2, -0.15) is 0 Å². The van der Waals surface area contributed by atoms with E-state index in [0.717, 1.165) is 0 Å². The highest BCUT2D eigenvalue weighted by molar-refractivity contribution is 5.76. The Hall–Kier alpha value is -0.610. The van der Waals surface area contributed by atoms with Crippen molar-refractivity contribution in [2.45, 2.75) is 64.5 Å². The van der Waals surface area contributed by atoms with E-state index < -0.39 is 0 Å². The first-order chi connectivity index (χ1) is 7.65. The monoisotopic (exact) mass is 227 g/mol. The van der Waals surface area contributed by atoms with Gasteiger partial charge in [0.2, 0.25) is 5.91 Å². The number of carbonyl (C=O) groups is 1. The van der Waals surface area contributed by atoms with E-state index in [1.165, 1.54) is 32.1 Å². The number of amides is 1. The van der Waals surface area contributed by atoms with Gasteiger partial charge in [-0.1, -0.05) is 19.3 Å². The second kappa shape index (κ2) is 6.86. The van der Waals surface area contributed by atoms with Gasteiger partial charge in [0.25, 0.3) is 0 Å². The van der Waals surface area contributed by atoms with Crippen LogP contribution < -0.4 is 11.2 Å². The number of nitrogens with zero attached hydrogens (tertiary/aromatic N) is 1. The Labute approximate surface area is 98.5 Å². The van der Waals surface area contributed by atoms with E-state index in [-0.39, 0.29) is 11.9 Å². The molecule has 3 N–H and O–H groups in total. The summed E-state index contributed by atoms with van der Waals surface area (Å²) in [6.45, 7) is 4.49. The molecule has 1 amide bonds. The summed E-state index contributed by atoms with van der Waals surface area (Å²) < 4.78 is 0. The molecule has 0 atom stereocenters. The number of hydrazine groups is 1. The molecule has 4 nitrogen and oxygen atoms in total. The van der Waals surface area contributed by atoms with Crippen molar-refractivity contribution in [2.75, 3.05) is 6.54 Å². The number of nitrogens with two attached hydrogens (primary N) is 1. The zero-order chi connectivity index (χ0) is 12.0. The molecular formula is C12H25N3O. The van der Waals surface area contributed by atoms with Crippen LogP contribution in [0.2, 0.25) is 0 Å². The van der Waals surface area contributed by atoms with E-state index in [1.807, 2.05) is 13.8 Å². The third-order valence-electron chi connectivity index (χ3n) is 3.07. The molecule has 1 rings (SSSR count). The number of hydrogen-bond donors (Lipinski definition) is 2. The van der Waals surface area contributed by atoms with Crippen LogP contribution >= 0.6 is 0 Å². The third kappa shape index (κ3) is 4.10. The Morgan fingerprint density at radius 1 is 1.38 bits per heavy atom. The van der Waals surface area contributed by atoms with Crippen LogP contribution in [0.1, 0.15) is 52.4 Å². The van der Waals surface area contributed by atoms with Crippen molar-refractivity contribution >= 4 is 5.91 Å². The van der Waals surface area contributed by atoms with Crippen LogP contribution in [-0.4, -0.2) is 29.5 Å². The molecule has 0 saturated heterocycles. The zero-order valence-electron chi connectivity index (χ0n) is 10.5. The van der Waals surface area contributed by atoms with Crippen LogP contribution in [0, 0.1) is 0 Å². The van der Waals surface area contributed by atoms with Gasteiger partial charge in [0.05, 0.1) is 0 Å². The lowest BCUT2D eigenvalue weighted by Crippen LogP contribution is -2.52. The molecule has 0 aliphatic heterocycles. The van der Waals surface area contributed by atoms with Crippen molar-refractivity contribution in [2.24, 2.45) is 5.73 Å². The van der Waals surface area contributed by atoms with Crippen LogP contribution in [0.4, 0.5) is 0 Å². The van der Waals surface area contributed by atoms with Gasteiger partial charge in [0.1, 0.15) is 0 Å². The lowest BCUT2D eigenvalue weighted by molar-refractivity contribution is -0.137. The van der Waals surface area contributed by atoms with Crippen molar-refractivity contribution in [1.82, 2.24) is 10.4 Å². The largest absolute Gasteiger partial charge is 0.330 e. The van der Waals surface area contributed by atoms with Gasteiger partial charge >= 0.3 is 0 Å². The second-order valence-corrected chi connectivity index (χ2v) is 4.86. The summed E-state index contributed by atoms with van der Waals surface area (Å²) in [4.78, 5) is 11.8. The minimum absolute atomic E-state index is 0.114. The number of carbonyl (C=O) groups excluding carboxylic acids is 1. The summed E-state index contributed by atoms with van der Waals surface area (Å²) in [6, 6.07) is 0.666. The molecule has 0 aromatic heterocycles. The molecule has 16 heavy (non-hydrogen) atoms. The Bertz CT molecular complexity index is 212. The Morgan fingerprint density at radius 2 is 2.00 bits per heavy atom. The van der Waals surface area contributed by atoms with Crippen LogP contribution in [0.3, 0.4) is 0 Å². The predicted molar refractivity (Wildman–Crippen MR) is 65.7 cm³/mol. The molecule has 0 unspecified atom stereocenters. The summed E-state index contributed by atoms with van der Waals surface area (Å²) in [7, 11) is 0. The fraction of sp³-hybridized carbons (Fsp3) is 0.917. The summed E-state index contributed by atoms with van der Waals surface area (Å²) in [6.07, 6.45) is 6.66. The van der Waals surface area contributed by atoms with Gasteiger partial charge in [-0.15, -0.1) is 0 Å². The van der Waals surface area contributed by atoms with Gasteiger partial charge in [0, 0.05) is 25.0 Å². The zero-order valence-corrected chi connectivity index (χ0v) is 10.5. The van der Waals surface area contributed by atoms with E-state index >= 15 is 0 Å². The first kappa shape index (κ1) is 13.5. The second-order valence-electron chi connectivity index (χ2n) is 4.86. The molecule has 1 aliphatic carbocycles. The fourth-order valence-corrected chi connectivity index (χ4v) is 2.18. The van der Waals surface area contributed by atoms with E-state index in [1.54, 1.807) is 5.01 Å². The number of hydrogen-bond acceptors (Lipinski definition) is 3. The van der Waals surface area contributed by atoms with Crippen LogP contribution in [0.15, 0.2) is 0 Å². The normalized spacial score (nSPS) is 17.8. The summed E-state index contributed by atoms with van der Waals surface area (Å²) in [5, 5.41) is 1.77. The minimum atomic E-state index is 0.114. The molecule has 0 aromatic carbocycles. The summed E-state index contributed by atoms with van der Waals surface area (Å²) in [5.74, 6) is 0.114. The highest BCUT2D eigenvalue weighted by Gasteiger charge is 2.21. The maximum absolute atomic E-state index is 11.8. The molecule has 0 aromatic rings. The lowest BCUT2D eigenvalue weighted by atomic mass is 9.96. The van der Waals surface area contributed by atoms with Gasteiger partial charge in [-0.3, -0.25) is 9.80 Å². The molecule has 1 saturated carbocycles. The quantitative estimate of drug-likeness (QED) is 0.698. The van der Waals surface area contributed by atoms with Crippen molar-refractivity contribution < 1.29 is 4.79 Å². The Kier molecular flexibility index (Phi) is 5.77. The molecule has 0 bridgehead atoms. The standard InChI is InChI=1S/C12H25N3O/c1-10(2)15(12(16)8-9-13)14-11-6-4-3-5-7-11/h10-11,14H,3-9,13H2,1-2H3. The van der Waals surface area contributed by atoms with Gasteiger partial charge in [-0.05, 0) is 26.7 Å². The van der Waals surface area contributed by atoms with Crippen molar-refractivity contribution in [3.05, 3.63) is 0 Å².